The standard InChI is InChI=1S/C15H24N4O/c1-11-14(8-17-19(11)7-3-6-16)15(20)18-9-12-4-2-5-13(12)10-18/h8,12-13H,2-7,9-10,16H2,1H3. The molecule has 110 valence electrons. The zero-order chi connectivity index (χ0) is 14.1. The third-order valence-electron chi connectivity index (χ3n) is 4.92. The molecule has 2 aliphatic rings. The Kier molecular flexibility index (Phi) is 3.78. The number of nitrogens with two attached hydrogens (primary N) is 1. The topological polar surface area (TPSA) is 64.2 Å². The quantitative estimate of drug-likeness (QED) is 0.904. The minimum atomic E-state index is 0.163. The second-order valence-corrected chi connectivity index (χ2v) is 6.17. The van der Waals surface area contributed by atoms with Crippen LogP contribution in [-0.2, 0) is 6.54 Å². The van der Waals surface area contributed by atoms with Crippen LogP contribution in [0.3, 0.4) is 0 Å². The fraction of sp³-hybridized carbons (Fsp3) is 0.733. The van der Waals surface area contributed by atoms with Gasteiger partial charge in [-0.05, 0) is 44.6 Å². The van der Waals surface area contributed by atoms with Gasteiger partial charge >= 0.3 is 0 Å². The van der Waals surface area contributed by atoms with Crippen molar-refractivity contribution in [2.24, 2.45) is 17.6 Å². The molecule has 20 heavy (non-hydrogen) atoms. The Labute approximate surface area is 120 Å². The van der Waals surface area contributed by atoms with Gasteiger partial charge in [0, 0.05) is 25.3 Å². The number of fused-ring (bicyclic) bond motifs is 1. The van der Waals surface area contributed by atoms with Gasteiger partial charge in [-0.1, -0.05) is 6.42 Å². The summed E-state index contributed by atoms with van der Waals surface area (Å²) in [5.41, 5.74) is 7.27. The maximum Gasteiger partial charge on any atom is 0.257 e. The predicted molar refractivity (Wildman–Crippen MR) is 77.4 cm³/mol. The van der Waals surface area contributed by atoms with E-state index >= 15 is 0 Å². The van der Waals surface area contributed by atoms with Crippen LogP contribution in [0, 0.1) is 18.8 Å². The molecule has 2 fully saturated rings. The molecule has 1 saturated carbocycles. The molecule has 2 unspecified atom stereocenters. The summed E-state index contributed by atoms with van der Waals surface area (Å²) >= 11 is 0. The van der Waals surface area contributed by atoms with E-state index in [1.807, 2.05) is 16.5 Å². The first-order valence-corrected chi connectivity index (χ1v) is 7.72. The van der Waals surface area contributed by atoms with Gasteiger partial charge < -0.3 is 10.6 Å². The number of amides is 1. The third-order valence-corrected chi connectivity index (χ3v) is 4.92. The van der Waals surface area contributed by atoms with Crippen LogP contribution in [0.25, 0.3) is 0 Å². The summed E-state index contributed by atoms with van der Waals surface area (Å²) in [7, 11) is 0. The lowest BCUT2D eigenvalue weighted by Crippen LogP contribution is -2.29. The predicted octanol–water partition coefficient (Wildman–Crippen LogP) is 1.41. The second-order valence-electron chi connectivity index (χ2n) is 6.17. The summed E-state index contributed by atoms with van der Waals surface area (Å²) in [6.45, 7) is 5.31. The van der Waals surface area contributed by atoms with Gasteiger partial charge in [-0.15, -0.1) is 0 Å². The molecule has 0 radical (unpaired) electrons. The smallest absolute Gasteiger partial charge is 0.257 e. The van der Waals surface area contributed by atoms with Crippen LogP contribution in [0.1, 0.15) is 41.7 Å². The molecule has 1 aliphatic heterocycles. The van der Waals surface area contributed by atoms with Crippen LogP contribution in [0.5, 0.6) is 0 Å². The van der Waals surface area contributed by atoms with E-state index in [4.69, 9.17) is 5.73 Å². The van der Waals surface area contributed by atoms with E-state index in [1.165, 1.54) is 19.3 Å². The molecule has 5 heteroatoms. The fourth-order valence-corrected chi connectivity index (χ4v) is 3.69. The van der Waals surface area contributed by atoms with Gasteiger partial charge in [-0.3, -0.25) is 9.48 Å². The van der Waals surface area contributed by atoms with Crippen LogP contribution in [0.4, 0.5) is 0 Å². The highest BCUT2D eigenvalue weighted by Gasteiger charge is 2.38. The molecular formula is C15H24N4O. The SMILES string of the molecule is Cc1c(C(=O)N2CC3CCCC3C2)cnn1CCCN. The highest BCUT2D eigenvalue weighted by Crippen LogP contribution is 2.38. The Morgan fingerprint density at radius 2 is 2.10 bits per heavy atom. The van der Waals surface area contributed by atoms with Gasteiger partial charge in [-0.2, -0.15) is 5.10 Å². The van der Waals surface area contributed by atoms with Crippen molar-refractivity contribution in [3.63, 3.8) is 0 Å². The van der Waals surface area contributed by atoms with Gasteiger partial charge in [0.2, 0.25) is 0 Å². The molecule has 2 atom stereocenters. The van der Waals surface area contributed by atoms with Crippen LogP contribution in [-0.4, -0.2) is 40.2 Å². The number of aromatic nitrogens is 2. The summed E-state index contributed by atoms with van der Waals surface area (Å²) in [6, 6.07) is 0. The van der Waals surface area contributed by atoms with Gasteiger partial charge in [0.1, 0.15) is 0 Å². The summed E-state index contributed by atoms with van der Waals surface area (Å²) in [5, 5.41) is 4.33. The molecule has 2 N–H and O–H groups in total. The Morgan fingerprint density at radius 1 is 1.40 bits per heavy atom. The molecule has 1 saturated heterocycles. The van der Waals surface area contributed by atoms with E-state index in [0.29, 0.717) is 6.54 Å². The Bertz CT molecular complexity index is 484. The van der Waals surface area contributed by atoms with E-state index in [9.17, 15) is 4.79 Å². The zero-order valence-corrected chi connectivity index (χ0v) is 12.2. The van der Waals surface area contributed by atoms with E-state index in [2.05, 4.69) is 5.10 Å². The molecule has 1 aromatic rings. The first-order chi connectivity index (χ1) is 9.70. The molecule has 0 spiro atoms. The number of hydrogen-bond donors (Lipinski definition) is 1. The Morgan fingerprint density at radius 3 is 2.75 bits per heavy atom. The Balaban J connectivity index is 1.70. The van der Waals surface area contributed by atoms with Crippen molar-refractivity contribution in [3.05, 3.63) is 17.5 Å². The van der Waals surface area contributed by atoms with Crippen LogP contribution < -0.4 is 5.73 Å². The lowest BCUT2D eigenvalue weighted by molar-refractivity contribution is 0.0780. The normalized spacial score (nSPS) is 25.2. The molecule has 0 aromatic carbocycles. The van der Waals surface area contributed by atoms with Crippen LogP contribution in [0.15, 0.2) is 6.20 Å². The first kappa shape index (κ1) is 13.6. The van der Waals surface area contributed by atoms with Gasteiger partial charge in [0.05, 0.1) is 11.8 Å². The first-order valence-electron chi connectivity index (χ1n) is 7.72. The summed E-state index contributed by atoms with van der Waals surface area (Å²) in [6.07, 6.45) is 6.55. The van der Waals surface area contributed by atoms with E-state index < -0.39 is 0 Å². The maximum atomic E-state index is 12.6. The van der Waals surface area contributed by atoms with Gasteiger partial charge in [-0.25, -0.2) is 0 Å². The fourth-order valence-electron chi connectivity index (χ4n) is 3.69. The van der Waals surface area contributed by atoms with E-state index in [1.54, 1.807) is 6.20 Å². The van der Waals surface area contributed by atoms with Crippen molar-refractivity contribution in [2.45, 2.75) is 39.2 Å². The molecule has 3 rings (SSSR count). The summed E-state index contributed by atoms with van der Waals surface area (Å²) in [5.74, 6) is 1.65. The number of rotatable bonds is 4. The zero-order valence-electron chi connectivity index (χ0n) is 12.2. The number of nitrogens with zero attached hydrogens (tertiary/aromatic N) is 3. The molecular weight excluding hydrogens is 252 g/mol. The number of carbonyl (C=O) groups is 1. The van der Waals surface area contributed by atoms with Crippen molar-refractivity contribution in [3.8, 4) is 0 Å². The van der Waals surface area contributed by atoms with Gasteiger partial charge in [0.25, 0.3) is 5.91 Å². The molecule has 2 heterocycles. The average molecular weight is 276 g/mol. The number of carbonyl (C=O) groups excluding carboxylic acids is 1. The maximum absolute atomic E-state index is 12.6. The van der Waals surface area contributed by atoms with Crippen LogP contribution in [0.2, 0.25) is 0 Å². The van der Waals surface area contributed by atoms with E-state index in [0.717, 1.165) is 49.1 Å². The Hall–Kier alpha value is -1.36. The number of aryl methyl sites for hydroxylation is 1. The van der Waals surface area contributed by atoms with Crippen molar-refractivity contribution < 1.29 is 4.79 Å². The lowest BCUT2D eigenvalue weighted by atomic mass is 10.0. The summed E-state index contributed by atoms with van der Waals surface area (Å²) < 4.78 is 1.90. The highest BCUT2D eigenvalue weighted by molar-refractivity contribution is 5.95. The minimum Gasteiger partial charge on any atom is -0.338 e. The van der Waals surface area contributed by atoms with Crippen molar-refractivity contribution in [1.29, 1.82) is 0 Å². The second kappa shape index (κ2) is 5.56. The van der Waals surface area contributed by atoms with Gasteiger partial charge in [0.15, 0.2) is 0 Å². The number of hydrogen-bond acceptors (Lipinski definition) is 3. The summed E-state index contributed by atoms with van der Waals surface area (Å²) in [4.78, 5) is 14.7. The average Bonchev–Trinajstić information content (AvgIpc) is 3.10. The largest absolute Gasteiger partial charge is 0.338 e. The molecule has 1 aliphatic carbocycles. The van der Waals surface area contributed by atoms with E-state index in [-0.39, 0.29) is 5.91 Å². The van der Waals surface area contributed by atoms with Crippen LogP contribution >= 0.6 is 0 Å². The highest BCUT2D eigenvalue weighted by atomic mass is 16.2. The molecule has 1 aromatic heterocycles. The van der Waals surface area contributed by atoms with Crippen molar-refractivity contribution >= 4 is 5.91 Å². The van der Waals surface area contributed by atoms with Crippen molar-refractivity contribution in [2.75, 3.05) is 19.6 Å². The molecule has 5 nitrogen and oxygen atoms in total. The lowest BCUT2D eigenvalue weighted by Gasteiger charge is -2.17. The monoisotopic (exact) mass is 276 g/mol. The molecule has 1 amide bonds. The molecule has 0 bridgehead atoms. The van der Waals surface area contributed by atoms with Crippen molar-refractivity contribution in [1.82, 2.24) is 14.7 Å². The minimum absolute atomic E-state index is 0.163. The number of likely N-dealkylation sites (tertiary alicyclic amines) is 1. The third kappa shape index (κ3) is 2.35.